The number of cyclic esters (lactones) is 1. The van der Waals surface area contributed by atoms with Crippen LogP contribution < -0.4 is 4.74 Å². The molecule has 0 spiro atoms. The van der Waals surface area contributed by atoms with E-state index in [9.17, 15) is 4.79 Å². The predicted molar refractivity (Wildman–Crippen MR) is 55.7 cm³/mol. The zero-order valence-corrected chi connectivity index (χ0v) is 8.95. The number of hydrogen-bond acceptors (Lipinski definition) is 3. The summed E-state index contributed by atoms with van der Waals surface area (Å²) in [4.78, 5) is 11.2. The molecule has 3 nitrogen and oxygen atoms in total. The average Bonchev–Trinajstić information content (AvgIpc) is 2.60. The lowest BCUT2D eigenvalue weighted by Crippen LogP contribution is -2.21. The molecule has 0 saturated carbocycles. The van der Waals surface area contributed by atoms with Gasteiger partial charge in [0, 0.05) is 18.4 Å². The van der Waals surface area contributed by atoms with Crippen LogP contribution in [0.5, 0.6) is 5.75 Å². The highest BCUT2D eigenvalue weighted by Gasteiger charge is 2.39. The third-order valence-corrected chi connectivity index (χ3v) is 2.82. The Morgan fingerprint density at radius 3 is 2.73 bits per heavy atom. The summed E-state index contributed by atoms with van der Waals surface area (Å²) in [5.74, 6) is 0.637. The van der Waals surface area contributed by atoms with Crippen LogP contribution in [0.1, 0.15) is 25.3 Å². The number of ether oxygens (including phenoxy) is 2. The summed E-state index contributed by atoms with van der Waals surface area (Å²) in [6, 6.07) is 7.65. The molecular formula is C12H14O3. The first-order valence-electron chi connectivity index (χ1n) is 5.01. The molecule has 1 aromatic carbocycles. The summed E-state index contributed by atoms with van der Waals surface area (Å²) < 4.78 is 10.6. The van der Waals surface area contributed by atoms with Crippen LogP contribution in [0.3, 0.4) is 0 Å². The first-order valence-corrected chi connectivity index (χ1v) is 5.01. The molecule has 1 atom stereocenters. The molecular weight excluding hydrogens is 192 g/mol. The van der Waals surface area contributed by atoms with E-state index in [0.717, 1.165) is 11.3 Å². The zero-order chi connectivity index (χ0) is 10.9. The van der Waals surface area contributed by atoms with Crippen LogP contribution in [0.4, 0.5) is 0 Å². The molecule has 0 unspecified atom stereocenters. The molecule has 0 N–H and O–H groups in total. The molecule has 2 rings (SSSR count). The number of rotatable bonds is 2. The molecule has 1 aromatic rings. The lowest BCUT2D eigenvalue weighted by atomic mass is 9.92. The fourth-order valence-electron chi connectivity index (χ4n) is 1.97. The van der Waals surface area contributed by atoms with Gasteiger partial charge in [-0.05, 0) is 13.0 Å². The topological polar surface area (TPSA) is 35.5 Å². The van der Waals surface area contributed by atoms with E-state index < -0.39 is 5.60 Å². The fraction of sp³-hybridized carbons (Fsp3) is 0.417. The monoisotopic (exact) mass is 206 g/mol. The SMILES string of the molecule is COc1ccccc1[C@@]1(C)CCC(=O)O1. The summed E-state index contributed by atoms with van der Waals surface area (Å²) in [6.07, 6.45) is 1.20. The van der Waals surface area contributed by atoms with Crippen LogP contribution in [0.15, 0.2) is 24.3 Å². The van der Waals surface area contributed by atoms with E-state index in [1.165, 1.54) is 0 Å². The standard InChI is InChI=1S/C12H14O3/c1-12(8-7-11(13)15-12)9-5-3-4-6-10(9)14-2/h3-6H,7-8H2,1-2H3/t12-/m1/s1. The zero-order valence-electron chi connectivity index (χ0n) is 8.95. The van der Waals surface area contributed by atoms with Gasteiger partial charge in [0.05, 0.1) is 7.11 Å². The maximum Gasteiger partial charge on any atom is 0.306 e. The van der Waals surface area contributed by atoms with Crippen LogP contribution in [0.25, 0.3) is 0 Å². The quantitative estimate of drug-likeness (QED) is 0.696. The molecule has 0 bridgehead atoms. The minimum Gasteiger partial charge on any atom is -0.496 e. The van der Waals surface area contributed by atoms with E-state index in [2.05, 4.69) is 0 Å². The van der Waals surface area contributed by atoms with E-state index in [0.29, 0.717) is 12.8 Å². The van der Waals surface area contributed by atoms with E-state index >= 15 is 0 Å². The number of carbonyl (C=O) groups excluding carboxylic acids is 1. The molecule has 0 radical (unpaired) electrons. The molecule has 0 amide bonds. The number of esters is 1. The normalized spacial score (nSPS) is 25.1. The first-order chi connectivity index (χ1) is 7.15. The van der Waals surface area contributed by atoms with Crippen molar-refractivity contribution in [3.8, 4) is 5.75 Å². The first kappa shape index (κ1) is 10.0. The van der Waals surface area contributed by atoms with E-state index in [4.69, 9.17) is 9.47 Å². The summed E-state index contributed by atoms with van der Waals surface area (Å²) >= 11 is 0. The Hall–Kier alpha value is -1.51. The Morgan fingerprint density at radius 2 is 2.13 bits per heavy atom. The molecule has 3 heteroatoms. The molecule has 1 heterocycles. The average molecular weight is 206 g/mol. The van der Waals surface area contributed by atoms with Gasteiger partial charge < -0.3 is 9.47 Å². The van der Waals surface area contributed by atoms with Crippen LogP contribution in [-0.2, 0) is 15.1 Å². The van der Waals surface area contributed by atoms with Crippen molar-refractivity contribution in [3.63, 3.8) is 0 Å². The van der Waals surface area contributed by atoms with Crippen molar-refractivity contribution in [3.05, 3.63) is 29.8 Å². The van der Waals surface area contributed by atoms with Gasteiger partial charge in [-0.15, -0.1) is 0 Å². The van der Waals surface area contributed by atoms with Gasteiger partial charge in [-0.1, -0.05) is 18.2 Å². The van der Waals surface area contributed by atoms with E-state index in [-0.39, 0.29) is 5.97 Å². The minimum absolute atomic E-state index is 0.136. The van der Waals surface area contributed by atoms with Gasteiger partial charge in [-0.3, -0.25) is 4.79 Å². The largest absolute Gasteiger partial charge is 0.496 e. The Balaban J connectivity index is 2.40. The van der Waals surface area contributed by atoms with Crippen molar-refractivity contribution in [2.45, 2.75) is 25.4 Å². The van der Waals surface area contributed by atoms with Gasteiger partial charge >= 0.3 is 5.97 Å². The van der Waals surface area contributed by atoms with Crippen molar-refractivity contribution in [1.29, 1.82) is 0 Å². The number of para-hydroxylation sites is 1. The van der Waals surface area contributed by atoms with E-state index in [1.807, 2.05) is 31.2 Å². The molecule has 1 fully saturated rings. The van der Waals surface area contributed by atoms with Gasteiger partial charge in [-0.2, -0.15) is 0 Å². The Kier molecular flexibility index (Phi) is 2.39. The number of carbonyl (C=O) groups is 1. The minimum atomic E-state index is -0.524. The van der Waals surface area contributed by atoms with Crippen molar-refractivity contribution in [2.24, 2.45) is 0 Å². The van der Waals surface area contributed by atoms with E-state index in [1.54, 1.807) is 7.11 Å². The highest BCUT2D eigenvalue weighted by atomic mass is 16.6. The van der Waals surface area contributed by atoms with Gasteiger partial charge in [0.25, 0.3) is 0 Å². The van der Waals surface area contributed by atoms with Crippen LogP contribution in [0, 0.1) is 0 Å². The second-order valence-electron chi connectivity index (χ2n) is 3.91. The number of methoxy groups -OCH3 is 1. The molecule has 1 aliphatic rings. The summed E-state index contributed by atoms with van der Waals surface area (Å²) in [6.45, 7) is 1.93. The molecule has 0 aliphatic carbocycles. The van der Waals surface area contributed by atoms with Crippen molar-refractivity contribution in [2.75, 3.05) is 7.11 Å². The Morgan fingerprint density at radius 1 is 1.40 bits per heavy atom. The van der Waals surface area contributed by atoms with Crippen molar-refractivity contribution in [1.82, 2.24) is 0 Å². The molecule has 1 aliphatic heterocycles. The third-order valence-electron chi connectivity index (χ3n) is 2.82. The summed E-state index contributed by atoms with van der Waals surface area (Å²) in [5, 5.41) is 0. The third kappa shape index (κ3) is 1.69. The van der Waals surface area contributed by atoms with Gasteiger partial charge in [0.15, 0.2) is 0 Å². The molecule has 80 valence electrons. The Labute approximate surface area is 89.0 Å². The maximum atomic E-state index is 11.2. The predicted octanol–water partition coefficient (Wildman–Crippen LogP) is 2.25. The van der Waals surface area contributed by atoms with Gasteiger partial charge in [0.1, 0.15) is 11.4 Å². The summed E-state index contributed by atoms with van der Waals surface area (Å²) in [5.41, 5.74) is 0.419. The lowest BCUT2D eigenvalue weighted by molar-refractivity contribution is -0.147. The lowest BCUT2D eigenvalue weighted by Gasteiger charge is -2.24. The Bertz CT molecular complexity index is 386. The molecule has 15 heavy (non-hydrogen) atoms. The second kappa shape index (κ2) is 3.57. The molecule has 0 aromatic heterocycles. The fourth-order valence-corrected chi connectivity index (χ4v) is 1.97. The van der Waals surface area contributed by atoms with Gasteiger partial charge in [0.2, 0.25) is 0 Å². The van der Waals surface area contributed by atoms with Crippen molar-refractivity contribution < 1.29 is 14.3 Å². The highest BCUT2D eigenvalue weighted by Crippen LogP contribution is 2.40. The second-order valence-corrected chi connectivity index (χ2v) is 3.91. The number of hydrogen-bond donors (Lipinski definition) is 0. The maximum absolute atomic E-state index is 11.2. The van der Waals surface area contributed by atoms with Crippen LogP contribution >= 0.6 is 0 Å². The number of benzene rings is 1. The molecule has 1 saturated heterocycles. The van der Waals surface area contributed by atoms with Gasteiger partial charge in [-0.25, -0.2) is 0 Å². The van der Waals surface area contributed by atoms with Crippen LogP contribution in [0.2, 0.25) is 0 Å². The highest BCUT2D eigenvalue weighted by molar-refractivity contribution is 5.72. The van der Waals surface area contributed by atoms with Crippen LogP contribution in [-0.4, -0.2) is 13.1 Å². The van der Waals surface area contributed by atoms with Crippen molar-refractivity contribution >= 4 is 5.97 Å². The smallest absolute Gasteiger partial charge is 0.306 e. The summed E-state index contributed by atoms with van der Waals surface area (Å²) in [7, 11) is 1.62.